The van der Waals surface area contributed by atoms with Gasteiger partial charge in [0.1, 0.15) is 5.76 Å². The van der Waals surface area contributed by atoms with Gasteiger partial charge in [-0.15, -0.1) is 0 Å². The Kier molecular flexibility index (Phi) is 2.88. The Morgan fingerprint density at radius 1 is 1.75 bits per heavy atom. The van der Waals surface area contributed by atoms with Gasteiger partial charge in [-0.1, -0.05) is 0 Å². The minimum absolute atomic E-state index is 0.0179. The summed E-state index contributed by atoms with van der Waals surface area (Å²) in [5.41, 5.74) is 5.39. The molecule has 12 heavy (non-hydrogen) atoms. The fraction of sp³-hybridized carbons (Fsp3) is 0.375. The number of nitrogens with two attached hydrogens (primary N) is 1. The van der Waals surface area contributed by atoms with E-state index in [1.54, 1.807) is 12.1 Å². The summed E-state index contributed by atoms with van der Waals surface area (Å²) in [6, 6.07) is 3.46. The molecule has 1 heterocycles. The summed E-state index contributed by atoms with van der Waals surface area (Å²) in [7, 11) is 0. The molecule has 0 saturated heterocycles. The molecule has 0 unspecified atom stereocenters. The van der Waals surface area contributed by atoms with E-state index < -0.39 is 5.97 Å². The molecule has 0 aliphatic rings. The molecule has 4 heteroatoms. The van der Waals surface area contributed by atoms with Crippen LogP contribution in [0.2, 0.25) is 0 Å². The first-order valence-electron chi connectivity index (χ1n) is 3.69. The number of carboxylic acids is 1. The summed E-state index contributed by atoms with van der Waals surface area (Å²) in [5.74, 6) is -0.431. The van der Waals surface area contributed by atoms with Crippen LogP contribution < -0.4 is 5.73 Å². The molecule has 0 spiro atoms. The van der Waals surface area contributed by atoms with Crippen molar-refractivity contribution in [2.75, 3.05) is 6.54 Å². The van der Waals surface area contributed by atoms with Crippen molar-refractivity contribution in [2.45, 2.75) is 12.3 Å². The predicted molar refractivity (Wildman–Crippen MR) is 42.8 cm³/mol. The molecule has 0 amide bonds. The lowest BCUT2D eigenvalue weighted by Gasteiger charge is -2.07. The van der Waals surface area contributed by atoms with E-state index in [4.69, 9.17) is 15.3 Å². The van der Waals surface area contributed by atoms with E-state index in [0.717, 1.165) is 0 Å². The van der Waals surface area contributed by atoms with Crippen LogP contribution in [0.4, 0.5) is 0 Å². The van der Waals surface area contributed by atoms with Crippen molar-refractivity contribution in [2.24, 2.45) is 5.73 Å². The van der Waals surface area contributed by atoms with Crippen molar-refractivity contribution >= 4 is 5.97 Å². The van der Waals surface area contributed by atoms with E-state index in [0.29, 0.717) is 12.3 Å². The monoisotopic (exact) mass is 169 g/mol. The molecular formula is C8H11NO3. The van der Waals surface area contributed by atoms with Gasteiger partial charge >= 0.3 is 5.97 Å². The van der Waals surface area contributed by atoms with Gasteiger partial charge in [0.25, 0.3) is 0 Å². The van der Waals surface area contributed by atoms with E-state index in [9.17, 15) is 4.79 Å². The smallest absolute Gasteiger partial charge is 0.304 e. The lowest BCUT2D eigenvalue weighted by molar-refractivity contribution is -0.137. The number of hydrogen-bond acceptors (Lipinski definition) is 3. The Morgan fingerprint density at radius 3 is 2.92 bits per heavy atom. The molecule has 0 fully saturated rings. The molecule has 0 saturated carbocycles. The zero-order valence-electron chi connectivity index (χ0n) is 6.56. The molecule has 1 atom stereocenters. The summed E-state index contributed by atoms with van der Waals surface area (Å²) in [6.45, 7) is 0.291. The third-order valence-electron chi connectivity index (χ3n) is 1.65. The van der Waals surface area contributed by atoms with Crippen molar-refractivity contribution < 1.29 is 14.3 Å². The van der Waals surface area contributed by atoms with E-state index in [1.807, 2.05) is 0 Å². The standard InChI is InChI=1S/C8H11NO3/c9-5-6(4-8(10)11)7-2-1-3-12-7/h1-3,6H,4-5,9H2,(H,10,11)/t6-/m1/s1. The summed E-state index contributed by atoms with van der Waals surface area (Å²) < 4.78 is 5.04. The Balaban J connectivity index is 2.63. The first-order chi connectivity index (χ1) is 5.74. The second-order valence-corrected chi connectivity index (χ2v) is 2.55. The number of rotatable bonds is 4. The summed E-state index contributed by atoms with van der Waals surface area (Å²) >= 11 is 0. The zero-order valence-corrected chi connectivity index (χ0v) is 6.56. The van der Waals surface area contributed by atoms with Crippen molar-refractivity contribution in [1.82, 2.24) is 0 Å². The average Bonchev–Trinajstić information content (AvgIpc) is 2.51. The van der Waals surface area contributed by atoms with E-state index in [-0.39, 0.29) is 12.3 Å². The molecule has 0 bridgehead atoms. The normalized spacial score (nSPS) is 12.8. The molecule has 1 rings (SSSR count). The van der Waals surface area contributed by atoms with Crippen LogP contribution in [0, 0.1) is 0 Å². The topological polar surface area (TPSA) is 76.5 Å². The third kappa shape index (κ3) is 2.10. The van der Waals surface area contributed by atoms with Crippen LogP contribution in [0.15, 0.2) is 22.8 Å². The molecule has 1 aromatic heterocycles. The number of carboxylic acid groups (broad SMARTS) is 1. The largest absolute Gasteiger partial charge is 0.481 e. The van der Waals surface area contributed by atoms with Crippen LogP contribution in [0.1, 0.15) is 18.1 Å². The maximum Gasteiger partial charge on any atom is 0.304 e. The second-order valence-electron chi connectivity index (χ2n) is 2.55. The van der Waals surface area contributed by atoms with Crippen molar-refractivity contribution in [3.8, 4) is 0 Å². The maximum absolute atomic E-state index is 10.4. The molecule has 0 aromatic carbocycles. The summed E-state index contributed by atoms with van der Waals surface area (Å²) in [6.07, 6.45) is 1.53. The van der Waals surface area contributed by atoms with E-state index >= 15 is 0 Å². The van der Waals surface area contributed by atoms with Gasteiger partial charge in [0.15, 0.2) is 0 Å². The van der Waals surface area contributed by atoms with Crippen LogP contribution in [0.3, 0.4) is 0 Å². The van der Waals surface area contributed by atoms with Crippen molar-refractivity contribution in [3.63, 3.8) is 0 Å². The first-order valence-corrected chi connectivity index (χ1v) is 3.69. The highest BCUT2D eigenvalue weighted by Gasteiger charge is 2.15. The number of carbonyl (C=O) groups is 1. The Hall–Kier alpha value is -1.29. The van der Waals surface area contributed by atoms with Crippen LogP contribution in [-0.2, 0) is 4.79 Å². The highest BCUT2D eigenvalue weighted by atomic mass is 16.4. The van der Waals surface area contributed by atoms with Gasteiger partial charge in [0.05, 0.1) is 12.7 Å². The molecule has 4 nitrogen and oxygen atoms in total. The van der Waals surface area contributed by atoms with Crippen LogP contribution in [0.25, 0.3) is 0 Å². The Morgan fingerprint density at radius 2 is 2.50 bits per heavy atom. The van der Waals surface area contributed by atoms with E-state index in [2.05, 4.69) is 0 Å². The molecule has 0 aliphatic heterocycles. The van der Waals surface area contributed by atoms with Crippen LogP contribution in [-0.4, -0.2) is 17.6 Å². The number of aliphatic carboxylic acids is 1. The quantitative estimate of drug-likeness (QED) is 0.698. The number of hydrogen-bond donors (Lipinski definition) is 2. The third-order valence-corrected chi connectivity index (χ3v) is 1.65. The van der Waals surface area contributed by atoms with E-state index in [1.165, 1.54) is 6.26 Å². The van der Waals surface area contributed by atoms with Gasteiger partial charge in [0, 0.05) is 12.5 Å². The van der Waals surface area contributed by atoms with Crippen molar-refractivity contribution in [3.05, 3.63) is 24.2 Å². The van der Waals surface area contributed by atoms with Gasteiger partial charge in [-0.2, -0.15) is 0 Å². The molecule has 66 valence electrons. The van der Waals surface area contributed by atoms with Crippen LogP contribution >= 0.6 is 0 Å². The fourth-order valence-electron chi connectivity index (χ4n) is 1.03. The molecular weight excluding hydrogens is 158 g/mol. The minimum Gasteiger partial charge on any atom is -0.481 e. The highest BCUT2D eigenvalue weighted by molar-refractivity contribution is 5.67. The van der Waals surface area contributed by atoms with Crippen molar-refractivity contribution in [1.29, 1.82) is 0 Å². The van der Waals surface area contributed by atoms with Gasteiger partial charge in [-0.3, -0.25) is 4.79 Å². The SMILES string of the molecule is NC[C@@H](CC(=O)O)c1ccco1. The Bertz CT molecular complexity index is 243. The maximum atomic E-state index is 10.4. The zero-order chi connectivity index (χ0) is 8.97. The molecule has 3 N–H and O–H groups in total. The van der Waals surface area contributed by atoms with Gasteiger partial charge in [-0.05, 0) is 12.1 Å². The lowest BCUT2D eigenvalue weighted by atomic mass is 10.0. The van der Waals surface area contributed by atoms with Gasteiger partial charge < -0.3 is 15.3 Å². The fourth-order valence-corrected chi connectivity index (χ4v) is 1.03. The lowest BCUT2D eigenvalue weighted by Crippen LogP contribution is -2.15. The van der Waals surface area contributed by atoms with Crippen LogP contribution in [0.5, 0.6) is 0 Å². The van der Waals surface area contributed by atoms with Gasteiger partial charge in [-0.25, -0.2) is 0 Å². The number of furan rings is 1. The van der Waals surface area contributed by atoms with Gasteiger partial charge in [0.2, 0.25) is 0 Å². The molecule has 0 radical (unpaired) electrons. The second kappa shape index (κ2) is 3.92. The predicted octanol–water partition coefficient (Wildman–Crippen LogP) is 0.797. The Labute approximate surface area is 70.0 Å². The summed E-state index contributed by atoms with van der Waals surface area (Å²) in [4.78, 5) is 10.4. The first kappa shape index (κ1) is 8.80. The summed E-state index contributed by atoms with van der Waals surface area (Å²) in [5, 5.41) is 8.52. The minimum atomic E-state index is -0.859. The molecule has 1 aromatic rings. The average molecular weight is 169 g/mol. The molecule has 0 aliphatic carbocycles. The highest BCUT2D eigenvalue weighted by Crippen LogP contribution is 2.18.